The van der Waals surface area contributed by atoms with Crippen molar-refractivity contribution in [2.75, 3.05) is 6.61 Å². The quantitative estimate of drug-likeness (QED) is 0.762. The first-order chi connectivity index (χ1) is 9.60. The van der Waals surface area contributed by atoms with Gasteiger partial charge in [-0.05, 0) is 56.2 Å². The Balaban J connectivity index is 2.13. The fraction of sp³-hybridized carbons (Fsp3) is 0.278. The van der Waals surface area contributed by atoms with E-state index in [1.54, 1.807) is 0 Å². The van der Waals surface area contributed by atoms with Gasteiger partial charge in [0.15, 0.2) is 5.78 Å². The van der Waals surface area contributed by atoms with Crippen LogP contribution < -0.4 is 4.74 Å². The van der Waals surface area contributed by atoms with Gasteiger partial charge in [-0.15, -0.1) is 0 Å². The molecule has 0 aliphatic rings. The molecule has 2 nitrogen and oxygen atoms in total. The molecule has 0 spiro atoms. The van der Waals surface area contributed by atoms with Crippen LogP contribution in [0, 0.1) is 13.8 Å². The summed E-state index contributed by atoms with van der Waals surface area (Å²) < 4.78 is 5.38. The van der Waals surface area contributed by atoms with Crippen molar-refractivity contribution in [2.45, 2.75) is 27.2 Å². The lowest BCUT2D eigenvalue weighted by Gasteiger charge is -2.07. The summed E-state index contributed by atoms with van der Waals surface area (Å²) in [5.74, 6) is 0.942. The number of aryl methyl sites for hydroxylation is 2. The maximum Gasteiger partial charge on any atom is 0.167 e. The molecule has 0 aliphatic carbocycles. The monoisotopic (exact) mass is 268 g/mol. The number of benzene rings is 2. The molecular weight excluding hydrogens is 248 g/mol. The zero-order chi connectivity index (χ0) is 14.5. The van der Waals surface area contributed by atoms with Gasteiger partial charge in [-0.3, -0.25) is 4.79 Å². The molecular formula is C18H20O2. The minimum Gasteiger partial charge on any atom is -0.494 e. The van der Waals surface area contributed by atoms with Crippen molar-refractivity contribution >= 4 is 5.78 Å². The van der Waals surface area contributed by atoms with Crippen molar-refractivity contribution in [1.29, 1.82) is 0 Å². The van der Waals surface area contributed by atoms with E-state index in [-0.39, 0.29) is 5.78 Å². The summed E-state index contributed by atoms with van der Waals surface area (Å²) >= 11 is 0. The van der Waals surface area contributed by atoms with Crippen LogP contribution in [-0.4, -0.2) is 12.4 Å². The molecule has 2 rings (SSSR count). The van der Waals surface area contributed by atoms with Gasteiger partial charge in [-0.25, -0.2) is 0 Å². The Morgan fingerprint density at radius 2 is 1.75 bits per heavy atom. The highest BCUT2D eigenvalue weighted by atomic mass is 16.5. The predicted molar refractivity (Wildman–Crippen MR) is 81.6 cm³/mol. The van der Waals surface area contributed by atoms with Gasteiger partial charge in [-0.1, -0.05) is 23.8 Å². The predicted octanol–water partition coefficient (Wildman–Crippen LogP) is 4.13. The Kier molecular flexibility index (Phi) is 4.57. The van der Waals surface area contributed by atoms with Crippen LogP contribution in [0.3, 0.4) is 0 Å². The van der Waals surface area contributed by atoms with Gasteiger partial charge in [0.05, 0.1) is 6.61 Å². The average Bonchev–Trinajstić information content (AvgIpc) is 2.44. The lowest BCUT2D eigenvalue weighted by Crippen LogP contribution is -2.05. The van der Waals surface area contributed by atoms with E-state index in [0.717, 1.165) is 22.4 Å². The van der Waals surface area contributed by atoms with Gasteiger partial charge >= 0.3 is 0 Å². The normalized spacial score (nSPS) is 10.3. The van der Waals surface area contributed by atoms with Crippen LogP contribution in [0.4, 0.5) is 0 Å². The van der Waals surface area contributed by atoms with Crippen LogP contribution in [-0.2, 0) is 6.42 Å². The smallest absolute Gasteiger partial charge is 0.167 e. The van der Waals surface area contributed by atoms with Crippen molar-refractivity contribution < 1.29 is 9.53 Å². The van der Waals surface area contributed by atoms with E-state index in [9.17, 15) is 4.79 Å². The molecule has 0 aromatic heterocycles. The molecule has 0 atom stereocenters. The summed E-state index contributed by atoms with van der Waals surface area (Å²) in [5, 5.41) is 0. The summed E-state index contributed by atoms with van der Waals surface area (Å²) in [4.78, 5) is 12.3. The second kappa shape index (κ2) is 6.38. The van der Waals surface area contributed by atoms with E-state index in [1.807, 2.05) is 45.0 Å². The van der Waals surface area contributed by atoms with Gasteiger partial charge in [0.2, 0.25) is 0 Å². The molecule has 0 unspecified atom stereocenters. The second-order valence-electron chi connectivity index (χ2n) is 4.99. The molecule has 0 bridgehead atoms. The molecule has 20 heavy (non-hydrogen) atoms. The van der Waals surface area contributed by atoms with Crippen LogP contribution in [0.5, 0.6) is 5.75 Å². The van der Waals surface area contributed by atoms with Gasteiger partial charge in [0, 0.05) is 12.0 Å². The molecule has 0 amide bonds. The molecule has 104 valence electrons. The van der Waals surface area contributed by atoms with E-state index < -0.39 is 0 Å². The van der Waals surface area contributed by atoms with Gasteiger partial charge in [0.1, 0.15) is 5.75 Å². The molecule has 0 aliphatic heterocycles. The first-order valence-electron chi connectivity index (χ1n) is 6.92. The maximum atomic E-state index is 12.3. The topological polar surface area (TPSA) is 26.3 Å². The van der Waals surface area contributed by atoms with E-state index in [2.05, 4.69) is 18.2 Å². The Bertz CT molecular complexity index is 597. The van der Waals surface area contributed by atoms with Crippen LogP contribution in [0.1, 0.15) is 34.0 Å². The minimum absolute atomic E-state index is 0.141. The highest BCUT2D eigenvalue weighted by Crippen LogP contribution is 2.16. The molecule has 0 heterocycles. The number of Topliss-reactive ketones (excluding diaryl/α,β-unsaturated/α-hetero) is 1. The number of hydrogen-bond acceptors (Lipinski definition) is 2. The Morgan fingerprint density at radius 3 is 2.40 bits per heavy atom. The van der Waals surface area contributed by atoms with Crippen LogP contribution in [0.2, 0.25) is 0 Å². The number of rotatable bonds is 5. The van der Waals surface area contributed by atoms with Crippen LogP contribution >= 0.6 is 0 Å². The molecule has 0 saturated heterocycles. The second-order valence-corrected chi connectivity index (χ2v) is 4.99. The molecule has 0 N–H and O–H groups in total. The van der Waals surface area contributed by atoms with Crippen molar-refractivity contribution in [3.05, 3.63) is 64.7 Å². The van der Waals surface area contributed by atoms with Crippen LogP contribution in [0.25, 0.3) is 0 Å². The molecule has 2 aromatic rings. The summed E-state index contributed by atoms with van der Waals surface area (Å²) in [7, 11) is 0. The number of carbonyl (C=O) groups excluding carboxylic acids is 1. The number of hydrogen-bond donors (Lipinski definition) is 0. The summed E-state index contributed by atoms with van der Waals surface area (Å²) in [6.07, 6.45) is 0.446. The number of ketones is 1. The molecule has 2 heteroatoms. The Labute approximate surface area is 120 Å². The zero-order valence-electron chi connectivity index (χ0n) is 12.3. The van der Waals surface area contributed by atoms with Gasteiger partial charge < -0.3 is 4.74 Å². The molecule has 2 aromatic carbocycles. The maximum absolute atomic E-state index is 12.3. The number of carbonyl (C=O) groups is 1. The summed E-state index contributed by atoms with van der Waals surface area (Å²) in [6.45, 7) is 6.67. The molecule has 0 radical (unpaired) electrons. The van der Waals surface area contributed by atoms with E-state index in [4.69, 9.17) is 4.74 Å². The van der Waals surface area contributed by atoms with Crippen molar-refractivity contribution in [2.24, 2.45) is 0 Å². The Hall–Kier alpha value is -2.09. The lowest BCUT2D eigenvalue weighted by atomic mass is 9.98. The summed E-state index contributed by atoms with van der Waals surface area (Å²) in [6, 6.07) is 13.6. The highest BCUT2D eigenvalue weighted by molar-refractivity contribution is 5.97. The number of ether oxygens (including phenoxy) is 1. The van der Waals surface area contributed by atoms with Crippen molar-refractivity contribution in [1.82, 2.24) is 0 Å². The third kappa shape index (κ3) is 3.47. The first-order valence-corrected chi connectivity index (χ1v) is 6.92. The fourth-order valence-electron chi connectivity index (χ4n) is 2.17. The largest absolute Gasteiger partial charge is 0.494 e. The average molecular weight is 268 g/mol. The molecule has 0 saturated carbocycles. The zero-order valence-corrected chi connectivity index (χ0v) is 12.3. The lowest BCUT2D eigenvalue weighted by molar-refractivity contribution is 0.0992. The third-order valence-corrected chi connectivity index (χ3v) is 3.34. The Morgan fingerprint density at radius 1 is 1.05 bits per heavy atom. The third-order valence-electron chi connectivity index (χ3n) is 3.34. The molecule has 0 fully saturated rings. The van der Waals surface area contributed by atoms with Crippen molar-refractivity contribution in [3.63, 3.8) is 0 Å². The standard InChI is InChI=1S/C18H20O2/c1-4-20-17-9-7-15(8-10-17)18(19)12-16-11-13(2)5-6-14(16)3/h5-11H,4,12H2,1-3H3. The fourth-order valence-corrected chi connectivity index (χ4v) is 2.17. The van der Waals surface area contributed by atoms with Crippen molar-refractivity contribution in [3.8, 4) is 5.75 Å². The van der Waals surface area contributed by atoms with Crippen LogP contribution in [0.15, 0.2) is 42.5 Å². The SMILES string of the molecule is CCOc1ccc(C(=O)Cc2cc(C)ccc2C)cc1. The highest BCUT2D eigenvalue weighted by Gasteiger charge is 2.09. The minimum atomic E-state index is 0.141. The van der Waals surface area contributed by atoms with E-state index in [1.165, 1.54) is 5.56 Å². The van der Waals surface area contributed by atoms with E-state index >= 15 is 0 Å². The first kappa shape index (κ1) is 14.3. The van der Waals surface area contributed by atoms with E-state index in [0.29, 0.717) is 13.0 Å². The van der Waals surface area contributed by atoms with Gasteiger partial charge in [0.25, 0.3) is 0 Å². The summed E-state index contributed by atoms with van der Waals surface area (Å²) in [5.41, 5.74) is 4.18. The van der Waals surface area contributed by atoms with Gasteiger partial charge in [-0.2, -0.15) is 0 Å².